The van der Waals surface area contributed by atoms with E-state index in [0.29, 0.717) is 13.0 Å². The zero-order valence-electron chi connectivity index (χ0n) is 10.1. The fourth-order valence-electron chi connectivity index (χ4n) is 1.60. The van der Waals surface area contributed by atoms with E-state index in [4.69, 9.17) is 4.74 Å². The third kappa shape index (κ3) is 3.30. The Morgan fingerprint density at radius 1 is 1.44 bits per heavy atom. The average Bonchev–Trinajstić information content (AvgIpc) is 2.90. The van der Waals surface area contributed by atoms with Crippen LogP contribution in [0.15, 0.2) is 35.2 Å². The standard InChI is InChI=1S/C13H14N2O2S/c1-17-12-5-3-2-4-10(12)6-13(16)14-7-11-8-18-9-15-11/h2-5,8-9H,6-7H2,1H3,(H,14,16). The van der Waals surface area contributed by atoms with Gasteiger partial charge in [0.1, 0.15) is 5.75 Å². The molecule has 0 fully saturated rings. The summed E-state index contributed by atoms with van der Waals surface area (Å²) in [6.45, 7) is 0.470. The lowest BCUT2D eigenvalue weighted by molar-refractivity contribution is -0.120. The normalized spacial score (nSPS) is 10.1. The summed E-state index contributed by atoms with van der Waals surface area (Å²) >= 11 is 1.52. The number of aromatic nitrogens is 1. The highest BCUT2D eigenvalue weighted by Gasteiger charge is 2.08. The zero-order valence-corrected chi connectivity index (χ0v) is 10.9. The summed E-state index contributed by atoms with van der Waals surface area (Å²) in [7, 11) is 1.60. The largest absolute Gasteiger partial charge is 0.496 e. The number of rotatable bonds is 5. The van der Waals surface area contributed by atoms with Crippen molar-refractivity contribution < 1.29 is 9.53 Å². The molecular weight excluding hydrogens is 248 g/mol. The summed E-state index contributed by atoms with van der Waals surface area (Å²) in [4.78, 5) is 15.9. The number of hydrogen-bond donors (Lipinski definition) is 1. The van der Waals surface area contributed by atoms with E-state index in [0.717, 1.165) is 17.0 Å². The van der Waals surface area contributed by atoms with Crippen LogP contribution in [0.1, 0.15) is 11.3 Å². The van der Waals surface area contributed by atoms with E-state index in [9.17, 15) is 4.79 Å². The number of benzene rings is 1. The Balaban J connectivity index is 1.90. The Morgan fingerprint density at radius 2 is 2.28 bits per heavy atom. The molecule has 0 radical (unpaired) electrons. The molecule has 2 rings (SSSR count). The van der Waals surface area contributed by atoms with E-state index in [-0.39, 0.29) is 5.91 Å². The van der Waals surface area contributed by atoms with Crippen LogP contribution in [0.25, 0.3) is 0 Å². The van der Waals surface area contributed by atoms with Crippen LogP contribution in [-0.2, 0) is 17.8 Å². The van der Waals surface area contributed by atoms with Crippen molar-refractivity contribution in [3.8, 4) is 5.75 Å². The molecule has 0 aliphatic heterocycles. The second kappa shape index (κ2) is 6.16. The van der Waals surface area contributed by atoms with Crippen molar-refractivity contribution in [1.29, 1.82) is 0 Å². The Labute approximate surface area is 110 Å². The number of hydrogen-bond acceptors (Lipinski definition) is 4. The van der Waals surface area contributed by atoms with E-state index < -0.39 is 0 Å². The topological polar surface area (TPSA) is 51.2 Å². The number of thiazole rings is 1. The maximum absolute atomic E-state index is 11.8. The first kappa shape index (κ1) is 12.6. The lowest BCUT2D eigenvalue weighted by atomic mass is 10.1. The summed E-state index contributed by atoms with van der Waals surface area (Å²) in [5.41, 5.74) is 3.52. The highest BCUT2D eigenvalue weighted by atomic mass is 32.1. The molecule has 1 amide bonds. The first-order valence-electron chi connectivity index (χ1n) is 5.55. The zero-order chi connectivity index (χ0) is 12.8. The minimum absolute atomic E-state index is 0.0347. The maximum atomic E-state index is 11.8. The van der Waals surface area contributed by atoms with Crippen molar-refractivity contribution in [2.45, 2.75) is 13.0 Å². The first-order valence-corrected chi connectivity index (χ1v) is 6.49. The number of carbonyl (C=O) groups is 1. The summed E-state index contributed by atoms with van der Waals surface area (Å²) < 4.78 is 5.21. The Bertz CT molecular complexity index is 511. The van der Waals surface area contributed by atoms with Gasteiger partial charge in [0.15, 0.2) is 0 Å². The van der Waals surface area contributed by atoms with Crippen LogP contribution in [0.5, 0.6) is 5.75 Å². The van der Waals surface area contributed by atoms with Crippen molar-refractivity contribution in [2.24, 2.45) is 0 Å². The highest BCUT2D eigenvalue weighted by molar-refractivity contribution is 7.07. The number of carbonyl (C=O) groups excluding carboxylic acids is 1. The average molecular weight is 262 g/mol. The van der Waals surface area contributed by atoms with Crippen LogP contribution in [-0.4, -0.2) is 18.0 Å². The molecule has 1 aromatic heterocycles. The van der Waals surface area contributed by atoms with E-state index in [2.05, 4.69) is 10.3 Å². The van der Waals surface area contributed by atoms with Crippen LogP contribution >= 0.6 is 11.3 Å². The molecule has 0 saturated heterocycles. The molecule has 1 heterocycles. The minimum atomic E-state index is -0.0347. The minimum Gasteiger partial charge on any atom is -0.496 e. The van der Waals surface area contributed by atoms with Gasteiger partial charge in [0, 0.05) is 10.9 Å². The molecular formula is C13H14N2O2S. The molecule has 0 bridgehead atoms. The first-order chi connectivity index (χ1) is 8.79. The third-order valence-corrected chi connectivity index (χ3v) is 3.13. The Hall–Kier alpha value is -1.88. The van der Waals surface area contributed by atoms with Crippen LogP contribution in [0.4, 0.5) is 0 Å². The predicted octanol–water partition coefficient (Wildman–Crippen LogP) is 2.01. The smallest absolute Gasteiger partial charge is 0.224 e. The molecule has 0 saturated carbocycles. The van der Waals surface area contributed by atoms with Crippen molar-refractivity contribution >= 4 is 17.2 Å². The Morgan fingerprint density at radius 3 is 3.00 bits per heavy atom. The van der Waals surface area contributed by atoms with Gasteiger partial charge in [0.05, 0.1) is 31.3 Å². The van der Waals surface area contributed by atoms with Gasteiger partial charge in [-0.05, 0) is 6.07 Å². The van der Waals surface area contributed by atoms with Crippen molar-refractivity contribution in [1.82, 2.24) is 10.3 Å². The summed E-state index contributed by atoms with van der Waals surface area (Å²) in [6, 6.07) is 7.52. The quantitative estimate of drug-likeness (QED) is 0.896. The molecule has 0 spiro atoms. The maximum Gasteiger partial charge on any atom is 0.224 e. The summed E-state index contributed by atoms with van der Waals surface area (Å²) in [5.74, 6) is 0.703. The molecule has 1 N–H and O–H groups in total. The molecule has 5 heteroatoms. The number of methoxy groups -OCH3 is 1. The van der Waals surface area contributed by atoms with Crippen molar-refractivity contribution in [2.75, 3.05) is 7.11 Å². The van der Waals surface area contributed by atoms with E-state index >= 15 is 0 Å². The van der Waals surface area contributed by atoms with Crippen LogP contribution in [0, 0.1) is 0 Å². The number of nitrogens with zero attached hydrogens (tertiary/aromatic N) is 1. The van der Waals surface area contributed by atoms with Gasteiger partial charge in [-0.25, -0.2) is 4.98 Å². The van der Waals surface area contributed by atoms with Gasteiger partial charge in [-0.15, -0.1) is 11.3 Å². The van der Waals surface area contributed by atoms with Gasteiger partial charge < -0.3 is 10.1 Å². The lowest BCUT2D eigenvalue weighted by Gasteiger charge is -2.08. The monoisotopic (exact) mass is 262 g/mol. The summed E-state index contributed by atoms with van der Waals surface area (Å²) in [6.07, 6.45) is 0.314. The highest BCUT2D eigenvalue weighted by Crippen LogP contribution is 2.17. The van der Waals surface area contributed by atoms with Crippen LogP contribution in [0.2, 0.25) is 0 Å². The predicted molar refractivity (Wildman–Crippen MR) is 70.7 cm³/mol. The second-order valence-electron chi connectivity index (χ2n) is 3.75. The lowest BCUT2D eigenvalue weighted by Crippen LogP contribution is -2.24. The number of nitrogens with one attached hydrogen (secondary N) is 1. The molecule has 18 heavy (non-hydrogen) atoms. The van der Waals surface area contributed by atoms with Gasteiger partial charge in [-0.1, -0.05) is 18.2 Å². The van der Waals surface area contributed by atoms with Crippen molar-refractivity contribution in [3.05, 3.63) is 46.4 Å². The SMILES string of the molecule is COc1ccccc1CC(=O)NCc1cscn1. The molecule has 0 unspecified atom stereocenters. The van der Waals surface area contributed by atoms with E-state index in [1.165, 1.54) is 11.3 Å². The van der Waals surface area contributed by atoms with Gasteiger partial charge >= 0.3 is 0 Å². The molecule has 0 aliphatic carbocycles. The van der Waals surface area contributed by atoms with Crippen LogP contribution in [0.3, 0.4) is 0 Å². The molecule has 0 aliphatic rings. The van der Waals surface area contributed by atoms with E-state index in [1.807, 2.05) is 29.6 Å². The molecule has 1 aromatic carbocycles. The Kier molecular flexibility index (Phi) is 4.30. The fourth-order valence-corrected chi connectivity index (χ4v) is 2.16. The number of para-hydroxylation sites is 1. The number of amides is 1. The van der Waals surface area contributed by atoms with Crippen molar-refractivity contribution in [3.63, 3.8) is 0 Å². The fraction of sp³-hybridized carbons (Fsp3) is 0.231. The van der Waals surface area contributed by atoms with Gasteiger partial charge in [0.25, 0.3) is 0 Å². The molecule has 2 aromatic rings. The molecule has 0 atom stereocenters. The number of ether oxygens (including phenoxy) is 1. The molecule has 94 valence electrons. The summed E-state index contributed by atoms with van der Waals surface area (Å²) in [5, 5.41) is 4.75. The van der Waals surface area contributed by atoms with Gasteiger partial charge in [0.2, 0.25) is 5.91 Å². The van der Waals surface area contributed by atoms with Crippen LogP contribution < -0.4 is 10.1 Å². The second-order valence-corrected chi connectivity index (χ2v) is 4.46. The van der Waals surface area contributed by atoms with E-state index in [1.54, 1.807) is 12.6 Å². The van der Waals surface area contributed by atoms with Gasteiger partial charge in [-0.2, -0.15) is 0 Å². The third-order valence-electron chi connectivity index (χ3n) is 2.49. The molecule has 4 nitrogen and oxygen atoms in total. The van der Waals surface area contributed by atoms with Gasteiger partial charge in [-0.3, -0.25) is 4.79 Å².